The summed E-state index contributed by atoms with van der Waals surface area (Å²) < 4.78 is 45.1. The van der Waals surface area contributed by atoms with E-state index in [4.69, 9.17) is 4.74 Å². The molecule has 0 spiro atoms. The average Bonchev–Trinajstić information content (AvgIpc) is 3.10. The molecule has 1 aliphatic rings. The summed E-state index contributed by atoms with van der Waals surface area (Å²) in [6, 6.07) is 6.88. The Kier molecular flexibility index (Phi) is 5.33. The third-order valence-corrected chi connectivity index (χ3v) is 5.05. The maximum Gasteiger partial charge on any atom is 0.416 e. The Morgan fingerprint density at radius 3 is 2.83 bits per heavy atom. The first-order chi connectivity index (χ1) is 14.3. The predicted octanol–water partition coefficient (Wildman–Crippen LogP) is 3.48. The smallest absolute Gasteiger partial charge is 0.416 e. The minimum Gasteiger partial charge on any atom is -0.426 e. The van der Waals surface area contributed by atoms with Gasteiger partial charge in [-0.25, -0.2) is 9.67 Å². The molecule has 0 unspecified atom stereocenters. The van der Waals surface area contributed by atoms with Crippen LogP contribution in [0.25, 0.3) is 16.7 Å². The molecule has 30 heavy (non-hydrogen) atoms. The number of alkyl halides is 3. The summed E-state index contributed by atoms with van der Waals surface area (Å²) in [5.41, 5.74) is -0.278. The number of hydrogen-bond donors (Lipinski definition) is 1. The quantitative estimate of drug-likeness (QED) is 0.639. The molecule has 4 rings (SSSR count). The first-order valence-electron chi connectivity index (χ1n) is 9.47. The second-order valence-electron chi connectivity index (χ2n) is 7.32. The van der Waals surface area contributed by atoms with Gasteiger partial charge in [0.05, 0.1) is 5.56 Å². The Labute approximate surface area is 170 Å². The van der Waals surface area contributed by atoms with Crippen molar-refractivity contribution in [3.8, 4) is 11.4 Å². The summed E-state index contributed by atoms with van der Waals surface area (Å²) in [5, 5.41) is 8.48. The van der Waals surface area contributed by atoms with Crippen molar-refractivity contribution < 1.29 is 22.7 Å². The molecule has 158 valence electrons. The number of anilines is 1. The van der Waals surface area contributed by atoms with E-state index < -0.39 is 11.7 Å². The van der Waals surface area contributed by atoms with Crippen molar-refractivity contribution in [1.82, 2.24) is 19.7 Å². The van der Waals surface area contributed by atoms with Gasteiger partial charge in [0.1, 0.15) is 11.5 Å². The topological polar surface area (TPSA) is 72.3 Å². The maximum atomic E-state index is 13.0. The van der Waals surface area contributed by atoms with E-state index in [9.17, 15) is 18.0 Å². The normalized spacial score (nSPS) is 17.8. The van der Waals surface area contributed by atoms with Crippen LogP contribution in [0.3, 0.4) is 0 Å². The monoisotopic (exact) mass is 419 g/mol. The van der Waals surface area contributed by atoms with Gasteiger partial charge in [-0.15, -0.1) is 5.10 Å². The largest absolute Gasteiger partial charge is 0.426 e. The van der Waals surface area contributed by atoms with Crippen LogP contribution >= 0.6 is 0 Å². The fourth-order valence-electron chi connectivity index (χ4n) is 3.63. The highest BCUT2D eigenvalue weighted by atomic mass is 19.4. The van der Waals surface area contributed by atoms with Crippen LogP contribution in [0.1, 0.15) is 18.4 Å². The highest BCUT2D eigenvalue weighted by molar-refractivity contribution is 5.77. The molecule has 0 amide bonds. The summed E-state index contributed by atoms with van der Waals surface area (Å²) in [5.74, 6) is 0.445. The van der Waals surface area contributed by atoms with E-state index in [0.29, 0.717) is 22.9 Å². The molecule has 1 aliphatic heterocycles. The second-order valence-corrected chi connectivity index (χ2v) is 7.32. The molecular formula is C20H20F3N5O2. The molecule has 7 nitrogen and oxygen atoms in total. The lowest BCUT2D eigenvalue weighted by Gasteiger charge is -2.30. The Morgan fingerprint density at radius 1 is 1.27 bits per heavy atom. The number of aromatic nitrogens is 3. The third kappa shape index (κ3) is 4.23. The summed E-state index contributed by atoms with van der Waals surface area (Å²) in [7, 11) is 2.08. The molecule has 10 heteroatoms. The fourth-order valence-corrected chi connectivity index (χ4v) is 3.63. The fraction of sp³-hybridized carbons (Fsp3) is 0.350. The number of halogens is 3. The second kappa shape index (κ2) is 7.94. The van der Waals surface area contributed by atoms with Crippen LogP contribution in [0, 0.1) is 0 Å². The van der Waals surface area contributed by atoms with Crippen molar-refractivity contribution in [1.29, 1.82) is 0 Å². The lowest BCUT2D eigenvalue weighted by atomic mass is 10.1. The number of nitrogens with zero attached hydrogens (tertiary/aromatic N) is 4. The van der Waals surface area contributed by atoms with Crippen LogP contribution in [0.2, 0.25) is 0 Å². The molecule has 0 radical (unpaired) electrons. The Balaban J connectivity index is 1.64. The zero-order valence-electron chi connectivity index (χ0n) is 16.2. The standard InChI is InChI=1S/C20H20F3N5O2/c1-27-8-2-3-15(11-27)24-18-7-4-13-10-28(26-19(13)25-18)16-6-5-14(20(21,22)23)9-17(16)30-12-29/h4-7,9-10,12,15H,2-3,8,11H2,1H3,(H,24,25,26)/t15-/m1/s1. The number of nitrogens with one attached hydrogen (secondary N) is 1. The number of rotatable bonds is 5. The molecule has 1 fully saturated rings. The van der Waals surface area contributed by atoms with Gasteiger partial charge in [0, 0.05) is 24.2 Å². The molecule has 1 aromatic carbocycles. The third-order valence-electron chi connectivity index (χ3n) is 5.05. The van der Waals surface area contributed by atoms with Crippen LogP contribution in [0.5, 0.6) is 5.75 Å². The van der Waals surface area contributed by atoms with Gasteiger partial charge >= 0.3 is 6.18 Å². The first-order valence-corrected chi connectivity index (χ1v) is 9.47. The van der Waals surface area contributed by atoms with Gasteiger partial charge in [0.15, 0.2) is 11.4 Å². The number of fused-ring (bicyclic) bond motifs is 1. The van der Waals surface area contributed by atoms with Gasteiger partial charge in [-0.2, -0.15) is 13.2 Å². The van der Waals surface area contributed by atoms with Gasteiger partial charge in [-0.3, -0.25) is 4.79 Å². The Morgan fingerprint density at radius 2 is 2.10 bits per heavy atom. The lowest BCUT2D eigenvalue weighted by Crippen LogP contribution is -2.39. The van der Waals surface area contributed by atoms with E-state index >= 15 is 0 Å². The number of carbonyl (C=O) groups excluding carboxylic acids is 1. The van der Waals surface area contributed by atoms with Crippen molar-refractivity contribution in [3.05, 3.63) is 42.1 Å². The molecular weight excluding hydrogens is 399 g/mol. The SMILES string of the molecule is CN1CCC[C@@H](Nc2ccc3cn(-c4ccc(C(F)(F)F)cc4OC=O)nc3n2)C1. The Bertz CT molecular complexity index is 1070. The van der Waals surface area contributed by atoms with Crippen LogP contribution < -0.4 is 10.1 Å². The molecule has 1 atom stereocenters. The molecule has 0 aliphatic carbocycles. The Hall–Kier alpha value is -3.14. The average molecular weight is 419 g/mol. The summed E-state index contributed by atoms with van der Waals surface area (Å²) in [6.07, 6.45) is -0.765. The molecule has 0 bridgehead atoms. The van der Waals surface area contributed by atoms with E-state index in [1.807, 2.05) is 12.1 Å². The number of likely N-dealkylation sites (N-methyl/N-ethyl adjacent to an activating group) is 1. The van der Waals surface area contributed by atoms with Crippen molar-refractivity contribution in [3.63, 3.8) is 0 Å². The van der Waals surface area contributed by atoms with Crippen molar-refractivity contribution >= 4 is 23.3 Å². The van der Waals surface area contributed by atoms with E-state index in [2.05, 4.69) is 27.3 Å². The van der Waals surface area contributed by atoms with Crippen LogP contribution in [0.4, 0.5) is 19.0 Å². The van der Waals surface area contributed by atoms with Crippen molar-refractivity contribution in [2.24, 2.45) is 0 Å². The number of piperidine rings is 1. The predicted molar refractivity (Wildman–Crippen MR) is 105 cm³/mol. The van der Waals surface area contributed by atoms with Crippen molar-refractivity contribution in [2.75, 3.05) is 25.5 Å². The van der Waals surface area contributed by atoms with E-state index in [1.165, 1.54) is 10.7 Å². The zero-order valence-corrected chi connectivity index (χ0v) is 16.2. The minimum absolute atomic E-state index is 0.0870. The van der Waals surface area contributed by atoms with E-state index in [-0.39, 0.29) is 17.9 Å². The van der Waals surface area contributed by atoms with Gasteiger partial charge < -0.3 is 15.0 Å². The molecule has 1 saturated heterocycles. The number of hydrogen-bond acceptors (Lipinski definition) is 6. The van der Waals surface area contributed by atoms with Gasteiger partial charge in [-0.05, 0) is 56.8 Å². The number of benzene rings is 1. The number of pyridine rings is 1. The van der Waals surface area contributed by atoms with Gasteiger partial charge in [-0.1, -0.05) is 0 Å². The zero-order chi connectivity index (χ0) is 21.3. The molecule has 3 aromatic rings. The molecule has 3 heterocycles. The van der Waals surface area contributed by atoms with Gasteiger partial charge in [0.2, 0.25) is 0 Å². The maximum absolute atomic E-state index is 13.0. The van der Waals surface area contributed by atoms with E-state index in [1.54, 1.807) is 6.20 Å². The summed E-state index contributed by atoms with van der Waals surface area (Å²) in [4.78, 5) is 17.6. The summed E-state index contributed by atoms with van der Waals surface area (Å²) >= 11 is 0. The number of ether oxygens (including phenoxy) is 1. The summed E-state index contributed by atoms with van der Waals surface area (Å²) in [6.45, 7) is 2.09. The van der Waals surface area contributed by atoms with Crippen LogP contribution in [-0.2, 0) is 11.0 Å². The highest BCUT2D eigenvalue weighted by Gasteiger charge is 2.31. The molecule has 1 N–H and O–H groups in total. The van der Waals surface area contributed by atoms with Gasteiger partial charge in [0.25, 0.3) is 6.47 Å². The minimum atomic E-state index is -4.55. The highest BCUT2D eigenvalue weighted by Crippen LogP contribution is 2.34. The molecule has 0 saturated carbocycles. The van der Waals surface area contributed by atoms with Crippen LogP contribution in [0.15, 0.2) is 36.5 Å². The lowest BCUT2D eigenvalue weighted by molar-refractivity contribution is -0.138. The van der Waals surface area contributed by atoms with Crippen LogP contribution in [-0.4, -0.2) is 52.3 Å². The molecule has 2 aromatic heterocycles. The van der Waals surface area contributed by atoms with E-state index in [0.717, 1.165) is 38.1 Å². The number of likely N-dealkylation sites (tertiary alicyclic amines) is 1. The first kappa shape index (κ1) is 20.1. The number of carbonyl (C=O) groups is 1. The van der Waals surface area contributed by atoms with Crippen molar-refractivity contribution in [2.45, 2.75) is 25.1 Å².